The van der Waals surface area contributed by atoms with E-state index < -0.39 is 0 Å². The van der Waals surface area contributed by atoms with Gasteiger partial charge in [0.05, 0.1) is 20.0 Å². The normalized spacial score (nSPS) is 10.8. The lowest BCUT2D eigenvalue weighted by Gasteiger charge is -2.10. The van der Waals surface area contributed by atoms with Gasteiger partial charge >= 0.3 is 0 Å². The van der Waals surface area contributed by atoms with Gasteiger partial charge in [-0.3, -0.25) is 4.79 Å². The molecule has 0 aliphatic heterocycles. The highest BCUT2D eigenvalue weighted by Crippen LogP contribution is 2.36. The summed E-state index contributed by atoms with van der Waals surface area (Å²) in [5, 5.41) is 4.78. The number of methoxy groups -OCH3 is 2. The molecule has 4 rings (SSSR count). The van der Waals surface area contributed by atoms with Crippen LogP contribution in [0, 0.1) is 0 Å². The maximum atomic E-state index is 12.4. The van der Waals surface area contributed by atoms with Crippen molar-refractivity contribution in [3.8, 4) is 21.9 Å². The number of hydrogen-bond donors (Lipinski definition) is 1. The van der Waals surface area contributed by atoms with E-state index in [9.17, 15) is 4.79 Å². The molecule has 4 aromatic rings. The number of carbonyl (C=O) groups is 1. The third kappa shape index (κ3) is 5.20. The van der Waals surface area contributed by atoms with Crippen LogP contribution in [0.3, 0.4) is 0 Å². The van der Waals surface area contributed by atoms with Crippen molar-refractivity contribution in [3.63, 3.8) is 0 Å². The Balaban J connectivity index is 1.33. The van der Waals surface area contributed by atoms with Crippen LogP contribution in [-0.2, 0) is 11.2 Å². The number of carbonyl (C=O) groups excluding carboxylic acids is 1. The average Bonchev–Trinajstić information content (AvgIpc) is 3.28. The fourth-order valence-corrected chi connectivity index (χ4v) is 5.13. The zero-order valence-electron chi connectivity index (χ0n) is 17.8. The molecule has 1 amide bonds. The molecule has 2 aromatic heterocycles. The predicted molar refractivity (Wildman–Crippen MR) is 130 cm³/mol. The van der Waals surface area contributed by atoms with Gasteiger partial charge in [0.15, 0.2) is 11.5 Å². The van der Waals surface area contributed by atoms with Crippen LogP contribution in [0.1, 0.15) is 5.56 Å². The first-order valence-corrected chi connectivity index (χ1v) is 11.9. The quantitative estimate of drug-likeness (QED) is 0.282. The van der Waals surface area contributed by atoms with E-state index in [4.69, 9.17) is 9.47 Å². The molecule has 0 saturated heterocycles. The van der Waals surface area contributed by atoms with Crippen molar-refractivity contribution in [1.29, 1.82) is 0 Å². The number of nitrogens with zero attached hydrogens (tertiary/aromatic N) is 2. The molecule has 2 heterocycles. The Kier molecular flexibility index (Phi) is 7.24. The van der Waals surface area contributed by atoms with Gasteiger partial charge in [-0.25, -0.2) is 9.97 Å². The van der Waals surface area contributed by atoms with Gasteiger partial charge in [0, 0.05) is 16.8 Å². The number of benzene rings is 2. The average molecular weight is 466 g/mol. The minimum Gasteiger partial charge on any atom is -0.493 e. The highest BCUT2D eigenvalue weighted by molar-refractivity contribution is 8.00. The Labute approximate surface area is 195 Å². The van der Waals surface area contributed by atoms with Crippen molar-refractivity contribution in [2.24, 2.45) is 0 Å². The van der Waals surface area contributed by atoms with Gasteiger partial charge in [0.25, 0.3) is 0 Å². The predicted octanol–water partition coefficient (Wildman–Crippen LogP) is 4.83. The maximum absolute atomic E-state index is 12.4. The fourth-order valence-electron chi connectivity index (χ4n) is 3.26. The number of ether oxygens (including phenoxy) is 2. The first-order valence-electron chi connectivity index (χ1n) is 10.1. The maximum Gasteiger partial charge on any atom is 0.230 e. The second-order valence-electron chi connectivity index (χ2n) is 6.95. The van der Waals surface area contributed by atoms with E-state index in [1.807, 2.05) is 36.4 Å². The fraction of sp³-hybridized carbons (Fsp3) is 0.208. The number of thioether (sulfide) groups is 1. The minimum atomic E-state index is -0.0271. The number of nitrogens with one attached hydrogen (secondary N) is 1. The van der Waals surface area contributed by atoms with Crippen molar-refractivity contribution < 1.29 is 14.3 Å². The van der Waals surface area contributed by atoms with Crippen molar-refractivity contribution in [2.45, 2.75) is 11.4 Å². The molecule has 8 heteroatoms. The molecular formula is C24H23N3O3S2. The molecule has 0 atom stereocenters. The summed E-state index contributed by atoms with van der Waals surface area (Å²) in [5.74, 6) is 1.65. The molecule has 32 heavy (non-hydrogen) atoms. The molecule has 6 nitrogen and oxygen atoms in total. The number of aromatic nitrogens is 2. The van der Waals surface area contributed by atoms with Gasteiger partial charge in [0.2, 0.25) is 5.91 Å². The number of rotatable bonds is 9. The standard InChI is InChI=1S/C24H23N3O3S2/c1-29-19-9-8-16(12-20(19)30-2)10-11-25-22(28)14-31-23-18-13-21(17-6-4-3-5-7-17)32-24(18)27-15-26-23/h3-9,12-13,15H,10-11,14H2,1-2H3,(H,25,28). The summed E-state index contributed by atoms with van der Waals surface area (Å²) in [6, 6.07) is 18.1. The van der Waals surface area contributed by atoms with Gasteiger partial charge in [-0.1, -0.05) is 48.2 Å². The molecule has 0 bridgehead atoms. The zero-order valence-corrected chi connectivity index (χ0v) is 19.5. The number of hydrogen-bond acceptors (Lipinski definition) is 7. The van der Waals surface area contributed by atoms with Crippen LogP contribution < -0.4 is 14.8 Å². The van der Waals surface area contributed by atoms with Crippen LogP contribution >= 0.6 is 23.1 Å². The molecule has 0 aliphatic carbocycles. The van der Waals surface area contributed by atoms with E-state index >= 15 is 0 Å². The van der Waals surface area contributed by atoms with Crippen LogP contribution in [0.5, 0.6) is 11.5 Å². The Hall–Kier alpha value is -3.10. The van der Waals surface area contributed by atoms with Gasteiger partial charge in [-0.15, -0.1) is 11.3 Å². The van der Waals surface area contributed by atoms with E-state index in [1.54, 1.807) is 31.9 Å². The summed E-state index contributed by atoms with van der Waals surface area (Å²) in [4.78, 5) is 23.2. The van der Waals surface area contributed by atoms with E-state index in [0.29, 0.717) is 30.2 Å². The van der Waals surface area contributed by atoms with Crippen molar-refractivity contribution >= 4 is 39.2 Å². The van der Waals surface area contributed by atoms with Crippen LogP contribution in [0.2, 0.25) is 0 Å². The van der Waals surface area contributed by atoms with Crippen molar-refractivity contribution in [1.82, 2.24) is 15.3 Å². The Morgan fingerprint density at radius 2 is 1.84 bits per heavy atom. The Bertz CT molecular complexity index is 1210. The summed E-state index contributed by atoms with van der Waals surface area (Å²) in [6.45, 7) is 0.546. The van der Waals surface area contributed by atoms with Gasteiger partial charge < -0.3 is 14.8 Å². The molecule has 0 fully saturated rings. The first kappa shape index (κ1) is 22.1. The van der Waals surface area contributed by atoms with E-state index in [2.05, 4.69) is 33.5 Å². The topological polar surface area (TPSA) is 73.3 Å². The third-order valence-corrected chi connectivity index (χ3v) is 6.97. The molecule has 0 unspecified atom stereocenters. The van der Waals surface area contributed by atoms with E-state index in [-0.39, 0.29) is 5.91 Å². The van der Waals surface area contributed by atoms with Crippen LogP contribution in [0.25, 0.3) is 20.7 Å². The summed E-state index contributed by atoms with van der Waals surface area (Å²) >= 11 is 3.06. The second kappa shape index (κ2) is 10.5. The van der Waals surface area contributed by atoms with E-state index in [0.717, 1.165) is 31.2 Å². The lowest BCUT2D eigenvalue weighted by Crippen LogP contribution is -2.27. The monoisotopic (exact) mass is 465 g/mol. The first-order chi connectivity index (χ1) is 15.7. The lowest BCUT2D eigenvalue weighted by atomic mass is 10.1. The molecular weight excluding hydrogens is 442 g/mol. The van der Waals surface area contributed by atoms with Crippen molar-refractivity contribution in [3.05, 3.63) is 66.5 Å². The number of amides is 1. The van der Waals surface area contributed by atoms with Crippen LogP contribution in [-0.4, -0.2) is 42.4 Å². The summed E-state index contributed by atoms with van der Waals surface area (Å²) in [7, 11) is 3.22. The molecule has 0 spiro atoms. The minimum absolute atomic E-state index is 0.0271. The molecule has 0 saturated carbocycles. The van der Waals surface area contributed by atoms with Crippen molar-refractivity contribution in [2.75, 3.05) is 26.5 Å². The summed E-state index contributed by atoms with van der Waals surface area (Å²) in [6.07, 6.45) is 2.27. The Morgan fingerprint density at radius 1 is 1.03 bits per heavy atom. The summed E-state index contributed by atoms with van der Waals surface area (Å²) < 4.78 is 10.6. The second-order valence-corrected chi connectivity index (χ2v) is 8.95. The highest BCUT2D eigenvalue weighted by Gasteiger charge is 2.12. The zero-order chi connectivity index (χ0) is 22.3. The summed E-state index contributed by atoms with van der Waals surface area (Å²) in [5.41, 5.74) is 2.22. The van der Waals surface area contributed by atoms with Gasteiger partial charge in [-0.2, -0.15) is 0 Å². The third-order valence-electron chi connectivity index (χ3n) is 4.87. The SMILES string of the molecule is COc1ccc(CCNC(=O)CSc2ncnc3sc(-c4ccccc4)cc23)cc1OC. The molecule has 0 aliphatic rings. The lowest BCUT2D eigenvalue weighted by molar-refractivity contribution is -0.118. The van der Waals surface area contributed by atoms with Crippen LogP contribution in [0.4, 0.5) is 0 Å². The largest absolute Gasteiger partial charge is 0.493 e. The Morgan fingerprint density at radius 3 is 2.62 bits per heavy atom. The highest BCUT2D eigenvalue weighted by atomic mass is 32.2. The van der Waals surface area contributed by atoms with Crippen LogP contribution in [0.15, 0.2) is 66.0 Å². The van der Waals surface area contributed by atoms with Gasteiger partial charge in [-0.05, 0) is 35.7 Å². The molecule has 2 aromatic carbocycles. The van der Waals surface area contributed by atoms with E-state index in [1.165, 1.54) is 11.8 Å². The smallest absolute Gasteiger partial charge is 0.230 e. The van der Waals surface area contributed by atoms with Gasteiger partial charge in [0.1, 0.15) is 16.2 Å². The molecule has 0 radical (unpaired) electrons. The molecule has 164 valence electrons. The number of fused-ring (bicyclic) bond motifs is 1. The molecule has 1 N–H and O–H groups in total. The number of thiophene rings is 1.